The zero-order valence-corrected chi connectivity index (χ0v) is 8.93. The third-order valence-electron chi connectivity index (χ3n) is 1.61. The number of halogens is 4. The number of carboxylic acid groups (broad SMARTS) is 1. The van der Waals surface area contributed by atoms with Crippen molar-refractivity contribution in [3.05, 3.63) is 28.5 Å². The Morgan fingerprint density at radius 3 is 2.65 bits per heavy atom. The van der Waals surface area contributed by atoms with Gasteiger partial charge in [-0.25, -0.2) is 4.98 Å². The highest BCUT2D eigenvalue weighted by atomic mass is 35.5. The summed E-state index contributed by atoms with van der Waals surface area (Å²) in [5, 5.41) is 8.04. The molecule has 0 bridgehead atoms. The Kier molecular flexibility index (Phi) is 3.97. The predicted octanol–water partition coefficient (Wildman–Crippen LogP) is 2.58. The second-order valence-corrected chi connectivity index (χ2v) is 3.33. The number of aliphatic carboxylic acids is 1. The maximum Gasteiger partial charge on any atom is 0.417 e. The fourth-order valence-electron chi connectivity index (χ4n) is 0.888. The van der Waals surface area contributed by atoms with Gasteiger partial charge in [0.25, 0.3) is 0 Å². The van der Waals surface area contributed by atoms with Crippen molar-refractivity contribution in [1.29, 1.82) is 0 Å². The number of rotatable bonds is 1. The van der Waals surface area contributed by atoms with Crippen molar-refractivity contribution in [3.63, 3.8) is 0 Å². The molecule has 0 aliphatic carbocycles. The second kappa shape index (κ2) is 5.06. The topological polar surface area (TPSA) is 50.2 Å². The number of nitrogens with zero attached hydrogens (tertiary/aromatic N) is 1. The maximum atomic E-state index is 12.2. The Balaban J connectivity index is 2.97. The number of alkyl halides is 3. The van der Waals surface area contributed by atoms with Gasteiger partial charge in [0.1, 0.15) is 12.1 Å². The SMILES string of the molecule is O=C(O)CC#Cc1ncc(C(F)(F)F)cc1Cl. The first-order chi connectivity index (χ1) is 7.80. The molecule has 0 atom stereocenters. The van der Waals surface area contributed by atoms with Crippen LogP contribution in [0.2, 0.25) is 5.02 Å². The molecular formula is C10H5ClF3NO2. The van der Waals surface area contributed by atoms with E-state index in [2.05, 4.69) is 16.8 Å². The van der Waals surface area contributed by atoms with Gasteiger partial charge < -0.3 is 5.11 Å². The summed E-state index contributed by atoms with van der Waals surface area (Å²) in [4.78, 5) is 13.6. The number of hydrogen-bond acceptors (Lipinski definition) is 2. The molecule has 90 valence electrons. The van der Waals surface area contributed by atoms with Gasteiger partial charge in [0, 0.05) is 6.20 Å². The molecule has 1 N–H and O–H groups in total. The number of carbonyl (C=O) groups is 1. The fraction of sp³-hybridized carbons (Fsp3) is 0.200. The van der Waals surface area contributed by atoms with E-state index in [1.165, 1.54) is 0 Å². The van der Waals surface area contributed by atoms with Gasteiger partial charge >= 0.3 is 12.1 Å². The smallest absolute Gasteiger partial charge is 0.417 e. The Morgan fingerprint density at radius 2 is 2.18 bits per heavy atom. The van der Waals surface area contributed by atoms with E-state index in [1.807, 2.05) is 0 Å². The van der Waals surface area contributed by atoms with Gasteiger partial charge in [0.05, 0.1) is 10.6 Å². The van der Waals surface area contributed by atoms with Crippen molar-refractivity contribution < 1.29 is 23.1 Å². The third kappa shape index (κ3) is 3.96. The quantitative estimate of drug-likeness (QED) is 0.792. The number of hydrogen-bond donors (Lipinski definition) is 1. The molecule has 1 aromatic heterocycles. The lowest BCUT2D eigenvalue weighted by molar-refractivity contribution is -0.138. The van der Waals surface area contributed by atoms with Crippen LogP contribution in [0.15, 0.2) is 12.3 Å². The van der Waals surface area contributed by atoms with E-state index in [0.717, 1.165) is 0 Å². The number of carboxylic acids is 1. The minimum Gasteiger partial charge on any atom is -0.481 e. The van der Waals surface area contributed by atoms with Crippen LogP contribution in [0, 0.1) is 11.8 Å². The highest BCUT2D eigenvalue weighted by Gasteiger charge is 2.31. The van der Waals surface area contributed by atoms with E-state index >= 15 is 0 Å². The van der Waals surface area contributed by atoms with E-state index in [1.54, 1.807) is 0 Å². The molecule has 3 nitrogen and oxygen atoms in total. The summed E-state index contributed by atoms with van der Waals surface area (Å²) in [5.74, 6) is 3.37. The van der Waals surface area contributed by atoms with Gasteiger partial charge in [0.15, 0.2) is 0 Å². The van der Waals surface area contributed by atoms with Gasteiger partial charge in [0.2, 0.25) is 0 Å². The van der Waals surface area contributed by atoms with E-state index in [0.29, 0.717) is 12.3 Å². The van der Waals surface area contributed by atoms with E-state index in [-0.39, 0.29) is 10.7 Å². The van der Waals surface area contributed by atoms with Crippen molar-refractivity contribution in [2.45, 2.75) is 12.6 Å². The molecule has 7 heteroatoms. The molecule has 0 fully saturated rings. The first-order valence-corrected chi connectivity index (χ1v) is 4.62. The van der Waals surface area contributed by atoms with Crippen molar-refractivity contribution in [2.24, 2.45) is 0 Å². The zero-order valence-electron chi connectivity index (χ0n) is 8.18. The second-order valence-electron chi connectivity index (χ2n) is 2.92. The van der Waals surface area contributed by atoms with Crippen LogP contribution < -0.4 is 0 Å². The zero-order chi connectivity index (χ0) is 13.1. The van der Waals surface area contributed by atoms with Crippen LogP contribution in [0.3, 0.4) is 0 Å². The third-order valence-corrected chi connectivity index (χ3v) is 1.90. The molecule has 0 aliphatic rings. The molecule has 0 spiro atoms. The fourth-order valence-corrected chi connectivity index (χ4v) is 1.10. The summed E-state index contributed by atoms with van der Waals surface area (Å²) in [7, 11) is 0. The van der Waals surface area contributed by atoms with Crippen LogP contribution in [0.1, 0.15) is 17.7 Å². The lowest BCUT2D eigenvalue weighted by Gasteiger charge is -2.06. The van der Waals surface area contributed by atoms with Crippen LogP contribution in [0.5, 0.6) is 0 Å². The molecule has 0 unspecified atom stereocenters. The van der Waals surface area contributed by atoms with Gasteiger partial charge in [-0.1, -0.05) is 17.5 Å². The summed E-state index contributed by atoms with van der Waals surface area (Å²) in [5.41, 5.74) is -1.06. The first kappa shape index (κ1) is 13.3. The van der Waals surface area contributed by atoms with Crippen molar-refractivity contribution in [3.8, 4) is 11.8 Å². The summed E-state index contributed by atoms with van der Waals surface area (Å²) in [6, 6.07) is 0.694. The van der Waals surface area contributed by atoms with Gasteiger partial charge in [-0.3, -0.25) is 4.79 Å². The molecule has 17 heavy (non-hydrogen) atoms. The Bertz CT molecular complexity index is 502. The largest absolute Gasteiger partial charge is 0.481 e. The molecule has 0 radical (unpaired) electrons. The molecule has 1 heterocycles. The molecular weight excluding hydrogens is 259 g/mol. The van der Waals surface area contributed by atoms with Gasteiger partial charge in [-0.15, -0.1) is 0 Å². The highest BCUT2D eigenvalue weighted by molar-refractivity contribution is 6.31. The van der Waals surface area contributed by atoms with Crippen molar-refractivity contribution in [1.82, 2.24) is 4.98 Å². The Hall–Kier alpha value is -1.74. The Morgan fingerprint density at radius 1 is 1.53 bits per heavy atom. The summed E-state index contributed by atoms with van der Waals surface area (Å²) in [6.07, 6.45) is -4.36. The van der Waals surface area contributed by atoms with E-state index < -0.39 is 24.1 Å². The molecule has 1 aromatic rings. The average molecular weight is 264 g/mol. The van der Waals surface area contributed by atoms with Crippen LogP contribution in [-0.4, -0.2) is 16.1 Å². The minimum absolute atomic E-state index is 0.0825. The van der Waals surface area contributed by atoms with Gasteiger partial charge in [-0.2, -0.15) is 13.2 Å². The van der Waals surface area contributed by atoms with E-state index in [4.69, 9.17) is 16.7 Å². The lowest BCUT2D eigenvalue weighted by Crippen LogP contribution is -2.06. The molecule has 0 aliphatic heterocycles. The van der Waals surface area contributed by atoms with Crippen molar-refractivity contribution >= 4 is 17.6 Å². The summed E-state index contributed by atoms with van der Waals surface area (Å²) < 4.78 is 36.7. The average Bonchev–Trinajstić information content (AvgIpc) is 2.18. The lowest BCUT2D eigenvalue weighted by atomic mass is 10.2. The minimum atomic E-state index is -4.52. The molecule has 0 aromatic carbocycles. The molecule has 0 saturated carbocycles. The number of aromatic nitrogens is 1. The molecule has 0 amide bonds. The molecule has 1 rings (SSSR count). The predicted molar refractivity (Wildman–Crippen MR) is 53.4 cm³/mol. The van der Waals surface area contributed by atoms with Gasteiger partial charge in [-0.05, 0) is 12.0 Å². The first-order valence-electron chi connectivity index (χ1n) is 4.24. The Labute approximate surface area is 99.2 Å². The monoisotopic (exact) mass is 263 g/mol. The van der Waals surface area contributed by atoms with Crippen LogP contribution >= 0.6 is 11.6 Å². The van der Waals surface area contributed by atoms with E-state index in [9.17, 15) is 18.0 Å². The standard InChI is InChI=1S/C10H5ClF3NO2/c11-7-4-6(10(12,13)14)5-15-8(7)2-1-3-9(16)17/h4-5H,3H2,(H,16,17). The van der Waals surface area contributed by atoms with Crippen LogP contribution in [-0.2, 0) is 11.0 Å². The molecule has 0 saturated heterocycles. The number of pyridine rings is 1. The highest BCUT2D eigenvalue weighted by Crippen LogP contribution is 2.30. The summed E-state index contributed by atoms with van der Waals surface area (Å²) >= 11 is 5.54. The summed E-state index contributed by atoms with van der Waals surface area (Å²) in [6.45, 7) is 0. The maximum absolute atomic E-state index is 12.2. The van der Waals surface area contributed by atoms with Crippen LogP contribution in [0.4, 0.5) is 13.2 Å². The van der Waals surface area contributed by atoms with Crippen molar-refractivity contribution in [2.75, 3.05) is 0 Å². The normalized spacial score (nSPS) is 10.6. The van der Waals surface area contributed by atoms with Crippen LogP contribution in [0.25, 0.3) is 0 Å².